The van der Waals surface area contributed by atoms with Crippen LogP contribution in [0.25, 0.3) is 0 Å². The lowest BCUT2D eigenvalue weighted by molar-refractivity contribution is 0.0244. The van der Waals surface area contributed by atoms with Gasteiger partial charge in [-0.25, -0.2) is 0 Å². The number of amides is 1. The summed E-state index contributed by atoms with van der Waals surface area (Å²) in [4.78, 5) is 19.1. The van der Waals surface area contributed by atoms with Gasteiger partial charge in [-0.3, -0.25) is 9.78 Å². The number of hydrogen-bond donors (Lipinski definition) is 0. The van der Waals surface area contributed by atoms with E-state index in [1.54, 1.807) is 6.20 Å². The Balaban J connectivity index is 1.31. The van der Waals surface area contributed by atoms with Crippen molar-refractivity contribution in [1.82, 2.24) is 15.0 Å². The lowest BCUT2D eigenvalue weighted by Gasteiger charge is -2.47. The minimum absolute atomic E-state index is 0.0567. The third kappa shape index (κ3) is 3.75. The van der Waals surface area contributed by atoms with E-state index in [0.29, 0.717) is 17.9 Å². The number of nitrogens with zero attached hydrogens (tertiary/aromatic N) is 3. The Bertz CT molecular complexity index is 802. The van der Waals surface area contributed by atoms with Crippen LogP contribution in [-0.2, 0) is 17.8 Å². The fourth-order valence-electron chi connectivity index (χ4n) is 3.86. The van der Waals surface area contributed by atoms with Gasteiger partial charge in [0.05, 0.1) is 28.8 Å². The van der Waals surface area contributed by atoms with Crippen LogP contribution in [0.5, 0.6) is 0 Å². The summed E-state index contributed by atoms with van der Waals surface area (Å²) in [7, 11) is 0. The maximum Gasteiger partial charge on any atom is 0.259 e. The van der Waals surface area contributed by atoms with Crippen LogP contribution in [0.4, 0.5) is 0 Å². The van der Waals surface area contributed by atoms with E-state index in [2.05, 4.69) is 17.1 Å². The average molecular weight is 388 g/mol. The minimum Gasteiger partial charge on any atom is -0.371 e. The molecule has 0 aromatic carbocycles. The molecule has 2 aliphatic rings. The molecule has 1 amide bonds. The Kier molecular flexibility index (Phi) is 5.23. The monoisotopic (exact) mass is 387 g/mol. The van der Waals surface area contributed by atoms with Crippen molar-refractivity contribution in [2.75, 3.05) is 18.8 Å². The van der Waals surface area contributed by atoms with Crippen molar-refractivity contribution in [1.29, 1.82) is 0 Å². The summed E-state index contributed by atoms with van der Waals surface area (Å²) in [6.07, 6.45) is 4.68. The SMILES string of the molecule is CCCc1onc(C)c1C(=O)N1CC2(C[C@H](OCc3ccccn3)CS2)C1. The normalized spacial score (nSPS) is 20.8. The van der Waals surface area contributed by atoms with Gasteiger partial charge in [-0.15, -0.1) is 11.8 Å². The van der Waals surface area contributed by atoms with Crippen LogP contribution in [0.3, 0.4) is 0 Å². The van der Waals surface area contributed by atoms with Gasteiger partial charge >= 0.3 is 0 Å². The predicted molar refractivity (Wildman–Crippen MR) is 104 cm³/mol. The number of carbonyl (C=O) groups excluding carboxylic acids is 1. The van der Waals surface area contributed by atoms with Crippen molar-refractivity contribution in [2.45, 2.75) is 50.6 Å². The molecule has 2 aliphatic heterocycles. The van der Waals surface area contributed by atoms with E-state index in [9.17, 15) is 4.79 Å². The molecule has 0 aliphatic carbocycles. The molecule has 2 aromatic rings. The number of carbonyl (C=O) groups is 1. The number of aryl methyl sites for hydroxylation is 2. The van der Waals surface area contributed by atoms with Crippen molar-refractivity contribution in [3.63, 3.8) is 0 Å². The molecule has 0 saturated carbocycles. The zero-order valence-corrected chi connectivity index (χ0v) is 16.6. The summed E-state index contributed by atoms with van der Waals surface area (Å²) in [5.41, 5.74) is 2.32. The van der Waals surface area contributed by atoms with E-state index < -0.39 is 0 Å². The van der Waals surface area contributed by atoms with Crippen molar-refractivity contribution in [3.05, 3.63) is 47.1 Å². The van der Waals surface area contributed by atoms with Crippen molar-refractivity contribution >= 4 is 17.7 Å². The number of hydrogen-bond acceptors (Lipinski definition) is 6. The first-order chi connectivity index (χ1) is 13.1. The number of pyridine rings is 1. The molecule has 7 heteroatoms. The Labute approximate surface area is 163 Å². The maximum atomic E-state index is 12.9. The van der Waals surface area contributed by atoms with Crippen molar-refractivity contribution in [2.24, 2.45) is 0 Å². The summed E-state index contributed by atoms with van der Waals surface area (Å²) >= 11 is 1.93. The van der Waals surface area contributed by atoms with Crippen LogP contribution in [-0.4, -0.2) is 50.6 Å². The fourth-order valence-corrected chi connectivity index (χ4v) is 5.41. The number of rotatable bonds is 6. The molecular weight excluding hydrogens is 362 g/mol. The topological polar surface area (TPSA) is 68.5 Å². The Hall–Kier alpha value is -1.86. The molecule has 4 heterocycles. The van der Waals surface area contributed by atoms with E-state index >= 15 is 0 Å². The number of aromatic nitrogens is 2. The first-order valence-corrected chi connectivity index (χ1v) is 10.5. The molecule has 0 radical (unpaired) electrons. The highest BCUT2D eigenvalue weighted by molar-refractivity contribution is 8.01. The number of thioether (sulfide) groups is 1. The summed E-state index contributed by atoms with van der Waals surface area (Å²) in [5.74, 6) is 1.75. The molecule has 0 N–H and O–H groups in total. The molecular formula is C20H25N3O3S. The molecule has 6 nitrogen and oxygen atoms in total. The van der Waals surface area contributed by atoms with Crippen molar-refractivity contribution in [3.8, 4) is 0 Å². The van der Waals surface area contributed by atoms with Gasteiger partial charge in [0, 0.05) is 31.5 Å². The molecule has 2 aromatic heterocycles. The van der Waals surface area contributed by atoms with E-state index in [4.69, 9.17) is 9.26 Å². The number of likely N-dealkylation sites (tertiary alicyclic amines) is 1. The zero-order chi connectivity index (χ0) is 18.9. The largest absolute Gasteiger partial charge is 0.371 e. The smallest absolute Gasteiger partial charge is 0.259 e. The van der Waals surface area contributed by atoms with Gasteiger partial charge in [-0.1, -0.05) is 18.1 Å². The van der Waals surface area contributed by atoms with E-state index in [0.717, 1.165) is 49.6 Å². The van der Waals surface area contributed by atoms with Crippen molar-refractivity contribution < 1.29 is 14.1 Å². The molecule has 0 bridgehead atoms. The van der Waals surface area contributed by atoms with Crippen LogP contribution in [0, 0.1) is 6.92 Å². The first-order valence-electron chi connectivity index (χ1n) is 9.50. The maximum absolute atomic E-state index is 12.9. The highest BCUT2D eigenvalue weighted by atomic mass is 32.2. The quantitative estimate of drug-likeness (QED) is 0.758. The third-order valence-corrected chi connectivity index (χ3v) is 6.81. The minimum atomic E-state index is 0.0567. The van der Waals surface area contributed by atoms with Crippen LogP contribution in [0.15, 0.2) is 28.9 Å². The molecule has 2 fully saturated rings. The molecule has 27 heavy (non-hydrogen) atoms. The highest BCUT2D eigenvalue weighted by Gasteiger charge is 2.51. The number of ether oxygens (including phenoxy) is 1. The van der Waals surface area contributed by atoms with Gasteiger partial charge in [0.25, 0.3) is 5.91 Å². The highest BCUT2D eigenvalue weighted by Crippen LogP contribution is 2.46. The fraction of sp³-hybridized carbons (Fsp3) is 0.550. The van der Waals surface area contributed by atoms with Crippen LogP contribution in [0.2, 0.25) is 0 Å². The standard InChI is InChI=1S/C20H25N3O3S/c1-3-6-17-18(14(2)22-26-17)19(24)23-12-20(13-23)9-16(11-27-20)25-10-15-7-4-5-8-21-15/h4-5,7-8,16H,3,6,9-13H2,1-2H3/t16-/m0/s1. The molecule has 4 rings (SSSR count). The van der Waals surface area contributed by atoms with Gasteiger partial charge < -0.3 is 14.2 Å². The summed E-state index contributed by atoms with van der Waals surface area (Å²) < 4.78 is 11.5. The average Bonchev–Trinajstić information content (AvgIpc) is 3.24. The second kappa shape index (κ2) is 7.64. The van der Waals surface area contributed by atoms with Crippen LogP contribution in [0.1, 0.15) is 47.3 Å². The Morgan fingerprint density at radius 2 is 2.30 bits per heavy atom. The van der Waals surface area contributed by atoms with Crippen LogP contribution < -0.4 is 0 Å². The molecule has 0 unspecified atom stereocenters. The molecule has 2 saturated heterocycles. The van der Waals surface area contributed by atoms with Gasteiger partial charge in [-0.05, 0) is 31.9 Å². The van der Waals surface area contributed by atoms with Crippen LogP contribution >= 0.6 is 11.8 Å². The van der Waals surface area contributed by atoms with Gasteiger partial charge in [-0.2, -0.15) is 0 Å². The Morgan fingerprint density at radius 3 is 3.04 bits per heavy atom. The van der Waals surface area contributed by atoms with Gasteiger partial charge in [0.1, 0.15) is 11.3 Å². The third-order valence-electron chi connectivity index (χ3n) is 5.24. The second-order valence-corrected chi connectivity index (χ2v) is 8.92. The van der Waals surface area contributed by atoms with Gasteiger partial charge in [0.15, 0.2) is 0 Å². The lowest BCUT2D eigenvalue weighted by atomic mass is 9.92. The zero-order valence-electron chi connectivity index (χ0n) is 15.8. The summed E-state index contributed by atoms with van der Waals surface area (Å²) in [5, 5.41) is 4.00. The summed E-state index contributed by atoms with van der Waals surface area (Å²) in [6.45, 7) is 6.01. The Morgan fingerprint density at radius 1 is 1.44 bits per heavy atom. The lowest BCUT2D eigenvalue weighted by Crippen LogP contribution is -2.60. The first kappa shape index (κ1) is 18.5. The molecule has 1 atom stereocenters. The molecule has 144 valence electrons. The van der Waals surface area contributed by atoms with E-state index in [1.807, 2.05) is 41.8 Å². The predicted octanol–water partition coefficient (Wildman–Crippen LogP) is 3.25. The molecule has 1 spiro atoms. The van der Waals surface area contributed by atoms with E-state index in [-0.39, 0.29) is 16.8 Å². The van der Waals surface area contributed by atoms with Gasteiger partial charge in [0.2, 0.25) is 0 Å². The van der Waals surface area contributed by atoms with E-state index in [1.165, 1.54) is 0 Å². The second-order valence-electron chi connectivity index (χ2n) is 7.43. The summed E-state index contributed by atoms with van der Waals surface area (Å²) in [6, 6.07) is 5.87.